The van der Waals surface area contributed by atoms with E-state index in [1.807, 2.05) is 23.1 Å². The molecule has 178 valence electrons. The molecule has 1 unspecified atom stereocenters. The van der Waals surface area contributed by atoms with Crippen molar-refractivity contribution in [3.05, 3.63) is 91.6 Å². The van der Waals surface area contributed by atoms with Gasteiger partial charge in [-0.1, -0.05) is 53.5 Å². The number of rotatable bonds is 8. The fraction of sp³-hybridized carbons (Fsp3) is 0.308. The molecule has 0 fully saturated rings. The molecule has 0 saturated carbocycles. The van der Waals surface area contributed by atoms with Crippen LogP contribution in [0.2, 0.25) is 10.0 Å². The van der Waals surface area contributed by atoms with Gasteiger partial charge >= 0.3 is 0 Å². The first-order valence-electron chi connectivity index (χ1n) is 11.1. The Morgan fingerprint density at radius 3 is 2.65 bits per heavy atom. The maximum Gasteiger partial charge on any atom is 0.254 e. The Balaban J connectivity index is 1.59. The molecule has 0 saturated heterocycles. The zero-order valence-electron chi connectivity index (χ0n) is 18.9. The van der Waals surface area contributed by atoms with Gasteiger partial charge in [0.05, 0.1) is 16.1 Å². The van der Waals surface area contributed by atoms with Gasteiger partial charge in [0.15, 0.2) is 0 Å². The molecule has 3 aromatic rings. The van der Waals surface area contributed by atoms with Crippen LogP contribution in [-0.2, 0) is 16.0 Å². The zero-order chi connectivity index (χ0) is 24.1. The predicted molar refractivity (Wildman–Crippen MR) is 137 cm³/mol. The molecular formula is C26H26Cl2N2O3S. The largest absolute Gasteiger partial charge is 0.385 e. The summed E-state index contributed by atoms with van der Waals surface area (Å²) in [6, 6.07) is 16.8. The van der Waals surface area contributed by atoms with Crippen LogP contribution in [0.5, 0.6) is 0 Å². The summed E-state index contributed by atoms with van der Waals surface area (Å²) in [5.41, 5.74) is 2.63. The second kappa shape index (κ2) is 11.4. The van der Waals surface area contributed by atoms with Crippen molar-refractivity contribution in [2.24, 2.45) is 0 Å². The van der Waals surface area contributed by atoms with Gasteiger partial charge in [-0.25, -0.2) is 0 Å². The molecule has 2 amide bonds. The lowest BCUT2D eigenvalue weighted by Gasteiger charge is -2.37. The Morgan fingerprint density at radius 1 is 1.12 bits per heavy atom. The summed E-state index contributed by atoms with van der Waals surface area (Å²) in [5.74, 6) is -0.343. The number of carbonyl (C=O) groups excluding carboxylic acids is 2. The van der Waals surface area contributed by atoms with Crippen molar-refractivity contribution in [3.8, 4) is 0 Å². The number of ether oxygens (including phenoxy) is 1. The molecule has 2 aromatic carbocycles. The Hall–Kier alpha value is -2.38. The molecule has 0 aliphatic carbocycles. The van der Waals surface area contributed by atoms with E-state index in [0.29, 0.717) is 41.7 Å². The normalized spacial score (nSPS) is 15.1. The van der Waals surface area contributed by atoms with Crippen molar-refractivity contribution >= 4 is 46.4 Å². The molecule has 5 nitrogen and oxygen atoms in total. The SMILES string of the molecule is COCCCN(CC(=O)N1CCc2sccc2C1c1ccccc1)C(=O)c1ccc(Cl)c(Cl)c1. The lowest BCUT2D eigenvalue weighted by atomic mass is 9.93. The van der Waals surface area contributed by atoms with E-state index in [1.165, 1.54) is 4.88 Å². The highest BCUT2D eigenvalue weighted by molar-refractivity contribution is 7.10. The summed E-state index contributed by atoms with van der Waals surface area (Å²) >= 11 is 13.9. The van der Waals surface area contributed by atoms with Gasteiger partial charge in [0.25, 0.3) is 5.91 Å². The minimum absolute atomic E-state index is 0.0222. The van der Waals surface area contributed by atoms with E-state index < -0.39 is 0 Å². The van der Waals surface area contributed by atoms with E-state index in [2.05, 4.69) is 23.6 Å². The van der Waals surface area contributed by atoms with Crippen LogP contribution in [0.3, 0.4) is 0 Å². The molecule has 0 spiro atoms. The number of halogens is 2. The minimum atomic E-state index is -0.257. The van der Waals surface area contributed by atoms with Gasteiger partial charge in [-0.3, -0.25) is 9.59 Å². The third-order valence-corrected chi connectivity index (χ3v) is 7.69. The van der Waals surface area contributed by atoms with Crippen LogP contribution in [0.1, 0.15) is 38.8 Å². The summed E-state index contributed by atoms with van der Waals surface area (Å²) < 4.78 is 5.17. The second-order valence-corrected chi connectivity index (χ2v) is 9.97. The van der Waals surface area contributed by atoms with Crippen LogP contribution in [0.25, 0.3) is 0 Å². The smallest absolute Gasteiger partial charge is 0.254 e. The van der Waals surface area contributed by atoms with Gasteiger partial charge in [0, 0.05) is 37.2 Å². The Bertz CT molecular complexity index is 1150. The topological polar surface area (TPSA) is 49.9 Å². The van der Waals surface area contributed by atoms with E-state index >= 15 is 0 Å². The Kier molecular flexibility index (Phi) is 8.27. The number of amides is 2. The molecule has 0 bridgehead atoms. The first-order chi connectivity index (χ1) is 16.5. The lowest BCUT2D eigenvalue weighted by Crippen LogP contribution is -2.47. The van der Waals surface area contributed by atoms with Crippen molar-refractivity contribution in [1.82, 2.24) is 9.80 Å². The molecule has 1 aliphatic heterocycles. The summed E-state index contributed by atoms with van der Waals surface area (Å²) in [4.78, 5) is 31.8. The zero-order valence-corrected chi connectivity index (χ0v) is 21.2. The highest BCUT2D eigenvalue weighted by atomic mass is 35.5. The third-order valence-electron chi connectivity index (χ3n) is 5.96. The number of fused-ring (bicyclic) bond motifs is 1. The van der Waals surface area contributed by atoms with Crippen LogP contribution < -0.4 is 0 Å². The maximum atomic E-state index is 13.7. The molecule has 0 N–H and O–H groups in total. The van der Waals surface area contributed by atoms with Gasteiger partial charge in [-0.2, -0.15) is 0 Å². The van der Waals surface area contributed by atoms with Crippen LogP contribution >= 0.6 is 34.5 Å². The van der Waals surface area contributed by atoms with Gasteiger partial charge < -0.3 is 14.5 Å². The molecule has 8 heteroatoms. The van der Waals surface area contributed by atoms with Gasteiger partial charge in [-0.15, -0.1) is 11.3 Å². The van der Waals surface area contributed by atoms with Crippen LogP contribution in [0.4, 0.5) is 0 Å². The minimum Gasteiger partial charge on any atom is -0.385 e. The monoisotopic (exact) mass is 516 g/mol. The van der Waals surface area contributed by atoms with E-state index in [4.69, 9.17) is 27.9 Å². The van der Waals surface area contributed by atoms with Crippen LogP contribution in [0, 0.1) is 0 Å². The van der Waals surface area contributed by atoms with Gasteiger partial charge in [0.2, 0.25) is 5.91 Å². The molecule has 34 heavy (non-hydrogen) atoms. The summed E-state index contributed by atoms with van der Waals surface area (Å²) in [5, 5.41) is 2.77. The highest BCUT2D eigenvalue weighted by Crippen LogP contribution is 2.37. The first-order valence-corrected chi connectivity index (χ1v) is 12.8. The quantitative estimate of drug-likeness (QED) is 0.360. The first kappa shape index (κ1) is 24.7. The average Bonchev–Trinajstić information content (AvgIpc) is 3.33. The number of carbonyl (C=O) groups is 2. The van der Waals surface area contributed by atoms with Crippen molar-refractivity contribution in [1.29, 1.82) is 0 Å². The molecule has 1 aromatic heterocycles. The number of hydrogen-bond donors (Lipinski definition) is 0. The summed E-state index contributed by atoms with van der Waals surface area (Å²) in [6.45, 7) is 1.48. The Morgan fingerprint density at radius 2 is 1.91 bits per heavy atom. The predicted octanol–water partition coefficient (Wildman–Crippen LogP) is 5.71. The van der Waals surface area contributed by atoms with Crippen molar-refractivity contribution in [2.75, 3.05) is 33.4 Å². The van der Waals surface area contributed by atoms with E-state index in [1.54, 1.807) is 41.5 Å². The standard InChI is InChI=1S/C26H26Cl2N2O3S/c1-33-14-5-12-29(26(32)19-8-9-21(27)22(28)16-19)17-24(31)30-13-10-23-20(11-15-34-23)25(30)18-6-3-2-4-7-18/h2-4,6-9,11,15-16,25H,5,10,12-14,17H2,1H3. The van der Waals surface area contributed by atoms with E-state index in [-0.39, 0.29) is 24.4 Å². The number of methoxy groups -OCH3 is 1. The Labute approximate surface area is 213 Å². The fourth-order valence-corrected chi connectivity index (χ4v) is 5.50. The number of nitrogens with zero attached hydrogens (tertiary/aromatic N) is 2. The lowest BCUT2D eigenvalue weighted by molar-refractivity contribution is -0.134. The highest BCUT2D eigenvalue weighted by Gasteiger charge is 2.34. The van der Waals surface area contributed by atoms with Crippen molar-refractivity contribution in [2.45, 2.75) is 18.9 Å². The van der Waals surface area contributed by atoms with Crippen molar-refractivity contribution in [3.63, 3.8) is 0 Å². The van der Waals surface area contributed by atoms with Gasteiger partial charge in [0.1, 0.15) is 6.54 Å². The number of benzene rings is 2. The third kappa shape index (κ3) is 5.47. The molecule has 0 radical (unpaired) electrons. The number of thiophene rings is 1. The molecule has 2 heterocycles. The fourth-order valence-electron chi connectivity index (χ4n) is 4.30. The average molecular weight is 517 g/mol. The molecule has 1 atom stereocenters. The summed E-state index contributed by atoms with van der Waals surface area (Å²) in [6.07, 6.45) is 1.43. The van der Waals surface area contributed by atoms with Crippen molar-refractivity contribution < 1.29 is 14.3 Å². The molecule has 4 rings (SSSR count). The van der Waals surface area contributed by atoms with Crippen LogP contribution in [0.15, 0.2) is 60.0 Å². The van der Waals surface area contributed by atoms with Gasteiger partial charge in [-0.05, 0) is 53.6 Å². The number of hydrogen-bond acceptors (Lipinski definition) is 4. The van der Waals surface area contributed by atoms with E-state index in [9.17, 15) is 9.59 Å². The maximum absolute atomic E-state index is 13.7. The van der Waals surface area contributed by atoms with E-state index in [0.717, 1.165) is 17.5 Å². The van der Waals surface area contributed by atoms with Crippen LogP contribution in [-0.4, -0.2) is 55.0 Å². The molecule has 1 aliphatic rings. The molecular weight excluding hydrogens is 491 g/mol. The summed E-state index contributed by atoms with van der Waals surface area (Å²) in [7, 11) is 1.62. The second-order valence-electron chi connectivity index (χ2n) is 8.15.